The molecule has 2 aromatic rings. The highest BCUT2D eigenvalue weighted by Gasteiger charge is 2.23. The number of cyclic esters (lactones) is 1. The maximum Gasteiger partial charge on any atom is 0.365 e. The van der Waals surface area contributed by atoms with Crippen molar-refractivity contribution in [1.29, 1.82) is 0 Å². The van der Waals surface area contributed by atoms with Crippen molar-refractivity contribution in [1.82, 2.24) is 0 Å². The molecule has 0 bridgehead atoms. The van der Waals surface area contributed by atoms with Crippen LogP contribution in [-0.4, -0.2) is 16.8 Å². The number of benzene rings is 2. The molecule has 0 atom stereocenters. The molecule has 1 aliphatic rings. The van der Waals surface area contributed by atoms with E-state index in [1.165, 1.54) is 18.3 Å². The standard InChI is InChI=1S/C16H11N3O4/c20-16-14(18-15(23-16)11-5-2-1-3-6-11)10-17-12-7-4-8-13(9-12)19(21)22/h1-10,17H/b14-10-. The molecule has 7 heteroatoms. The minimum absolute atomic E-state index is 0.0455. The summed E-state index contributed by atoms with van der Waals surface area (Å²) in [6.07, 6.45) is 1.36. The van der Waals surface area contributed by atoms with Crippen molar-refractivity contribution in [3.8, 4) is 0 Å². The highest BCUT2D eigenvalue weighted by molar-refractivity contribution is 6.11. The lowest BCUT2D eigenvalue weighted by molar-refractivity contribution is -0.384. The van der Waals surface area contributed by atoms with Crippen molar-refractivity contribution in [2.75, 3.05) is 5.32 Å². The molecule has 0 radical (unpaired) electrons. The Morgan fingerprint density at radius 2 is 1.91 bits per heavy atom. The van der Waals surface area contributed by atoms with Gasteiger partial charge in [0.25, 0.3) is 5.69 Å². The van der Waals surface area contributed by atoms with Crippen molar-refractivity contribution in [2.24, 2.45) is 4.99 Å². The van der Waals surface area contributed by atoms with Gasteiger partial charge in [0.1, 0.15) is 0 Å². The lowest BCUT2D eigenvalue weighted by Gasteiger charge is -2.00. The van der Waals surface area contributed by atoms with E-state index in [2.05, 4.69) is 10.3 Å². The number of carbonyl (C=O) groups is 1. The Hall–Kier alpha value is -3.48. The molecule has 0 aromatic heterocycles. The Kier molecular flexibility index (Phi) is 3.84. The second-order valence-electron chi connectivity index (χ2n) is 4.65. The molecule has 0 saturated carbocycles. The van der Waals surface area contributed by atoms with E-state index in [1.54, 1.807) is 24.3 Å². The summed E-state index contributed by atoms with van der Waals surface area (Å²) in [5.74, 6) is -0.357. The van der Waals surface area contributed by atoms with Crippen LogP contribution in [0.5, 0.6) is 0 Å². The van der Waals surface area contributed by atoms with Gasteiger partial charge in [-0.05, 0) is 18.2 Å². The smallest absolute Gasteiger partial charge is 0.365 e. The molecule has 2 aromatic carbocycles. The van der Waals surface area contributed by atoms with Gasteiger partial charge in [-0.1, -0.05) is 24.3 Å². The van der Waals surface area contributed by atoms with Gasteiger partial charge < -0.3 is 10.1 Å². The first-order chi connectivity index (χ1) is 11.1. The summed E-state index contributed by atoms with van der Waals surface area (Å²) >= 11 is 0. The van der Waals surface area contributed by atoms with E-state index in [9.17, 15) is 14.9 Å². The highest BCUT2D eigenvalue weighted by Crippen LogP contribution is 2.19. The number of nitrogens with one attached hydrogen (secondary N) is 1. The van der Waals surface area contributed by atoms with E-state index >= 15 is 0 Å². The van der Waals surface area contributed by atoms with Crippen molar-refractivity contribution < 1.29 is 14.5 Å². The third-order valence-electron chi connectivity index (χ3n) is 3.07. The Morgan fingerprint density at radius 3 is 2.65 bits per heavy atom. The summed E-state index contributed by atoms with van der Waals surface area (Å²) < 4.78 is 5.10. The fraction of sp³-hybridized carbons (Fsp3) is 0. The fourth-order valence-electron chi connectivity index (χ4n) is 1.97. The predicted molar refractivity (Wildman–Crippen MR) is 83.9 cm³/mol. The number of rotatable bonds is 4. The number of nitro groups is 1. The first kappa shape index (κ1) is 14.5. The summed E-state index contributed by atoms with van der Waals surface area (Å²) in [6.45, 7) is 0. The number of ether oxygens (including phenoxy) is 1. The van der Waals surface area contributed by atoms with Crippen molar-refractivity contribution in [3.05, 3.63) is 82.2 Å². The molecule has 23 heavy (non-hydrogen) atoms. The topological polar surface area (TPSA) is 93.8 Å². The van der Waals surface area contributed by atoms with Gasteiger partial charge in [-0.2, -0.15) is 0 Å². The molecule has 0 spiro atoms. The number of hydrogen-bond acceptors (Lipinski definition) is 6. The van der Waals surface area contributed by atoms with E-state index < -0.39 is 10.9 Å². The van der Waals surface area contributed by atoms with Crippen LogP contribution in [0.4, 0.5) is 11.4 Å². The lowest BCUT2D eigenvalue weighted by Crippen LogP contribution is -2.05. The second kappa shape index (κ2) is 6.10. The van der Waals surface area contributed by atoms with Crippen LogP contribution in [0.15, 0.2) is 71.5 Å². The van der Waals surface area contributed by atoms with Crippen LogP contribution in [0, 0.1) is 10.1 Å². The van der Waals surface area contributed by atoms with E-state index in [0.717, 1.165) is 0 Å². The molecule has 1 N–H and O–H groups in total. The third kappa shape index (κ3) is 3.24. The first-order valence-electron chi connectivity index (χ1n) is 6.71. The zero-order valence-electron chi connectivity index (χ0n) is 11.8. The van der Waals surface area contributed by atoms with Gasteiger partial charge in [-0.3, -0.25) is 10.1 Å². The van der Waals surface area contributed by atoms with Crippen LogP contribution in [0.2, 0.25) is 0 Å². The average Bonchev–Trinajstić information content (AvgIpc) is 2.95. The Morgan fingerprint density at radius 1 is 1.13 bits per heavy atom. The van der Waals surface area contributed by atoms with E-state index in [0.29, 0.717) is 11.3 Å². The zero-order chi connectivity index (χ0) is 16.2. The van der Waals surface area contributed by atoms with E-state index in [1.807, 2.05) is 18.2 Å². The number of carbonyl (C=O) groups excluding carboxylic acids is 1. The molecule has 0 fully saturated rings. The van der Waals surface area contributed by atoms with Crippen LogP contribution >= 0.6 is 0 Å². The number of nitro benzene ring substituents is 1. The van der Waals surface area contributed by atoms with Gasteiger partial charge in [0.15, 0.2) is 5.70 Å². The average molecular weight is 309 g/mol. The molecule has 0 amide bonds. The van der Waals surface area contributed by atoms with Crippen LogP contribution < -0.4 is 5.32 Å². The number of hydrogen-bond donors (Lipinski definition) is 1. The first-order valence-corrected chi connectivity index (χ1v) is 6.71. The monoisotopic (exact) mass is 309 g/mol. The molecule has 0 aliphatic carbocycles. The summed E-state index contributed by atoms with van der Waals surface area (Å²) in [5, 5.41) is 13.5. The van der Waals surface area contributed by atoms with Gasteiger partial charge >= 0.3 is 5.97 Å². The minimum Gasteiger partial charge on any atom is -0.402 e. The molecule has 3 rings (SSSR count). The summed E-state index contributed by atoms with van der Waals surface area (Å²) in [4.78, 5) is 26.2. The molecular formula is C16H11N3O4. The molecule has 114 valence electrons. The van der Waals surface area contributed by atoms with E-state index in [4.69, 9.17) is 4.74 Å². The Bertz CT molecular complexity index is 828. The second-order valence-corrected chi connectivity index (χ2v) is 4.65. The van der Waals surface area contributed by atoms with E-state index in [-0.39, 0.29) is 17.3 Å². The molecule has 1 heterocycles. The minimum atomic E-state index is -0.582. The quantitative estimate of drug-likeness (QED) is 0.405. The Labute approximate surface area is 131 Å². The number of nitrogens with zero attached hydrogens (tertiary/aromatic N) is 2. The van der Waals surface area contributed by atoms with Gasteiger partial charge in [0, 0.05) is 29.6 Å². The van der Waals surface area contributed by atoms with Crippen molar-refractivity contribution in [2.45, 2.75) is 0 Å². The summed E-state index contributed by atoms with van der Waals surface area (Å²) in [5.41, 5.74) is 1.22. The zero-order valence-corrected chi connectivity index (χ0v) is 11.8. The summed E-state index contributed by atoms with van der Waals surface area (Å²) in [6, 6.07) is 15.0. The maximum atomic E-state index is 11.8. The normalized spacial score (nSPS) is 15.2. The Balaban J connectivity index is 1.80. The highest BCUT2D eigenvalue weighted by atomic mass is 16.6. The predicted octanol–water partition coefficient (Wildman–Crippen LogP) is 2.85. The van der Waals surface area contributed by atoms with Gasteiger partial charge in [0.05, 0.1) is 4.92 Å². The number of anilines is 1. The van der Waals surface area contributed by atoms with Crippen LogP contribution in [0.3, 0.4) is 0 Å². The van der Waals surface area contributed by atoms with Gasteiger partial charge in [-0.25, -0.2) is 9.79 Å². The van der Waals surface area contributed by atoms with Crippen LogP contribution in [0.1, 0.15) is 5.56 Å². The number of aliphatic imine (C=N–C) groups is 1. The largest absolute Gasteiger partial charge is 0.402 e. The number of esters is 1. The van der Waals surface area contributed by atoms with Gasteiger partial charge in [0.2, 0.25) is 5.90 Å². The summed E-state index contributed by atoms with van der Waals surface area (Å²) in [7, 11) is 0. The third-order valence-corrected chi connectivity index (χ3v) is 3.07. The van der Waals surface area contributed by atoms with Crippen LogP contribution in [-0.2, 0) is 9.53 Å². The molecule has 1 aliphatic heterocycles. The fourth-order valence-corrected chi connectivity index (χ4v) is 1.97. The molecule has 0 saturated heterocycles. The van der Waals surface area contributed by atoms with Crippen molar-refractivity contribution in [3.63, 3.8) is 0 Å². The van der Waals surface area contributed by atoms with Gasteiger partial charge in [-0.15, -0.1) is 0 Å². The van der Waals surface area contributed by atoms with Crippen LogP contribution in [0.25, 0.3) is 0 Å². The molecular weight excluding hydrogens is 298 g/mol. The van der Waals surface area contributed by atoms with Crippen molar-refractivity contribution >= 4 is 23.2 Å². The molecule has 7 nitrogen and oxygen atoms in total. The number of non-ortho nitro benzene ring substituents is 1. The lowest BCUT2D eigenvalue weighted by atomic mass is 10.2. The maximum absolute atomic E-state index is 11.8. The SMILES string of the molecule is O=C1OC(c2ccccc2)=N/C1=C\Nc1cccc([N+](=O)[O-])c1. The molecule has 0 unspecified atom stereocenters.